The molecule has 0 aromatic carbocycles. The fourth-order valence-electron chi connectivity index (χ4n) is 0.568. The molecule has 0 spiro atoms. The van der Waals surface area contributed by atoms with E-state index in [1.807, 2.05) is 6.92 Å². The maximum atomic E-state index is 4.62. The van der Waals surface area contributed by atoms with E-state index in [0.29, 0.717) is 0 Å². The van der Waals surface area contributed by atoms with Gasteiger partial charge in [0.1, 0.15) is 6.26 Å². The van der Waals surface area contributed by atoms with Crippen LogP contribution in [0.2, 0.25) is 0 Å². The highest BCUT2D eigenvalue weighted by atomic mass is 16.5. The van der Waals surface area contributed by atoms with Crippen LogP contribution in [0, 0.1) is 6.92 Å². The van der Waals surface area contributed by atoms with Crippen LogP contribution in [-0.2, 0) is 6.42 Å². The van der Waals surface area contributed by atoms with Crippen LogP contribution in [0.3, 0.4) is 0 Å². The Bertz CT molecular complexity index is 169. The monoisotopic (exact) mass is 110 g/mol. The molecule has 0 unspecified atom stereocenters. The lowest BCUT2D eigenvalue weighted by Gasteiger charge is -1.82. The van der Waals surface area contributed by atoms with E-state index in [1.165, 1.54) is 0 Å². The zero-order chi connectivity index (χ0) is 5.98. The quantitative estimate of drug-likeness (QED) is 0.546. The van der Waals surface area contributed by atoms with Gasteiger partial charge in [0, 0.05) is 5.56 Å². The molecule has 0 amide bonds. The van der Waals surface area contributed by atoms with Crippen molar-refractivity contribution in [2.75, 3.05) is 0 Å². The molecule has 0 saturated heterocycles. The van der Waals surface area contributed by atoms with Gasteiger partial charge in [0.05, 0.1) is 5.69 Å². The lowest BCUT2D eigenvalue weighted by molar-refractivity contribution is 0.416. The first kappa shape index (κ1) is 5.35. The average Bonchev–Trinajstić information content (AvgIpc) is 2.14. The normalized spacial score (nSPS) is 9.75. The van der Waals surface area contributed by atoms with Crippen LogP contribution in [0.25, 0.3) is 0 Å². The molecule has 0 aliphatic heterocycles. The van der Waals surface area contributed by atoms with Gasteiger partial charge in [-0.25, -0.2) is 0 Å². The number of rotatable bonds is 1. The summed E-state index contributed by atoms with van der Waals surface area (Å²) in [6, 6.07) is 0. The molecule has 0 fully saturated rings. The molecule has 43 valence electrons. The van der Waals surface area contributed by atoms with Gasteiger partial charge in [-0.15, -0.1) is 0 Å². The van der Waals surface area contributed by atoms with Crippen molar-refractivity contribution in [2.24, 2.45) is 0 Å². The summed E-state index contributed by atoms with van der Waals surface area (Å²) in [5, 5.41) is 3.60. The van der Waals surface area contributed by atoms with E-state index in [0.717, 1.165) is 17.7 Å². The molecule has 1 aromatic rings. The van der Waals surface area contributed by atoms with Gasteiger partial charge in [0.25, 0.3) is 0 Å². The minimum Gasteiger partial charge on any atom is -0.364 e. The van der Waals surface area contributed by atoms with Gasteiger partial charge >= 0.3 is 0 Å². The van der Waals surface area contributed by atoms with Crippen LogP contribution in [0.4, 0.5) is 0 Å². The molecule has 0 aliphatic carbocycles. The highest BCUT2D eigenvalue weighted by Gasteiger charge is 1.96. The Morgan fingerprint density at radius 2 is 2.62 bits per heavy atom. The predicted octanol–water partition coefficient (Wildman–Crippen LogP) is 1.42. The van der Waals surface area contributed by atoms with E-state index in [2.05, 4.69) is 16.6 Å². The third-order valence-corrected chi connectivity index (χ3v) is 1.11. The van der Waals surface area contributed by atoms with Crippen LogP contribution >= 0.6 is 0 Å². The summed E-state index contributed by atoms with van der Waals surface area (Å²) in [6.45, 7) is 5.69. The molecular weight excluding hydrogens is 102 g/mol. The van der Waals surface area contributed by atoms with Crippen molar-refractivity contribution in [1.82, 2.24) is 5.16 Å². The summed E-state index contributed by atoms with van der Waals surface area (Å²) in [4.78, 5) is 0. The Hall–Kier alpha value is -0.790. The molecule has 0 aliphatic rings. The molecule has 1 rings (SSSR count). The summed E-state index contributed by atoms with van der Waals surface area (Å²) in [5.74, 6) is 0. The minimum absolute atomic E-state index is 0.757. The first-order valence-corrected chi connectivity index (χ1v) is 2.59. The highest BCUT2D eigenvalue weighted by Crippen LogP contribution is 2.03. The van der Waals surface area contributed by atoms with Crippen molar-refractivity contribution >= 4 is 0 Å². The summed E-state index contributed by atoms with van der Waals surface area (Å²) in [6.07, 6.45) is 2.57. The van der Waals surface area contributed by atoms with Crippen LogP contribution in [0.15, 0.2) is 10.8 Å². The van der Waals surface area contributed by atoms with Crippen LogP contribution < -0.4 is 0 Å². The standard InChI is InChI=1S/C6H8NO/c1-3-6-4-8-7-5(6)2/h4H,2-3H2,1H3. The molecule has 0 saturated carbocycles. The lowest BCUT2D eigenvalue weighted by Crippen LogP contribution is -1.77. The summed E-state index contributed by atoms with van der Waals surface area (Å²) in [5.41, 5.74) is 1.84. The van der Waals surface area contributed by atoms with Crippen LogP contribution in [0.5, 0.6) is 0 Å². The fraction of sp³-hybridized carbons (Fsp3) is 0.333. The van der Waals surface area contributed by atoms with Crippen molar-refractivity contribution < 1.29 is 4.52 Å². The number of nitrogens with zero attached hydrogens (tertiary/aromatic N) is 1. The third kappa shape index (κ3) is 0.735. The number of aromatic nitrogens is 1. The molecule has 2 heteroatoms. The van der Waals surface area contributed by atoms with E-state index < -0.39 is 0 Å². The molecular formula is C6H8NO. The molecule has 0 N–H and O–H groups in total. The van der Waals surface area contributed by atoms with Gasteiger partial charge in [-0.1, -0.05) is 12.1 Å². The van der Waals surface area contributed by atoms with Crippen molar-refractivity contribution in [3.8, 4) is 0 Å². The Labute approximate surface area is 48.5 Å². The maximum absolute atomic E-state index is 4.62. The van der Waals surface area contributed by atoms with Gasteiger partial charge in [-0.2, -0.15) is 0 Å². The smallest absolute Gasteiger partial charge is 0.127 e. The second-order valence-electron chi connectivity index (χ2n) is 1.64. The Morgan fingerprint density at radius 3 is 2.88 bits per heavy atom. The van der Waals surface area contributed by atoms with Crippen molar-refractivity contribution in [3.63, 3.8) is 0 Å². The second-order valence-corrected chi connectivity index (χ2v) is 1.64. The summed E-state index contributed by atoms with van der Waals surface area (Å²) >= 11 is 0. The van der Waals surface area contributed by atoms with Gasteiger partial charge in [-0.05, 0) is 13.3 Å². The van der Waals surface area contributed by atoms with E-state index >= 15 is 0 Å². The molecule has 1 radical (unpaired) electrons. The van der Waals surface area contributed by atoms with Gasteiger partial charge < -0.3 is 4.52 Å². The fourth-order valence-corrected chi connectivity index (χ4v) is 0.568. The minimum atomic E-state index is 0.757. The van der Waals surface area contributed by atoms with E-state index in [4.69, 9.17) is 0 Å². The second kappa shape index (κ2) is 1.99. The molecule has 1 heterocycles. The van der Waals surface area contributed by atoms with Crippen molar-refractivity contribution in [1.29, 1.82) is 0 Å². The van der Waals surface area contributed by atoms with Crippen molar-refractivity contribution in [2.45, 2.75) is 13.3 Å². The van der Waals surface area contributed by atoms with E-state index in [1.54, 1.807) is 6.26 Å². The lowest BCUT2D eigenvalue weighted by atomic mass is 10.2. The maximum Gasteiger partial charge on any atom is 0.127 e. The summed E-state index contributed by atoms with van der Waals surface area (Å²) in [7, 11) is 0. The SMILES string of the molecule is [CH2]c1nocc1CC. The van der Waals surface area contributed by atoms with E-state index in [-0.39, 0.29) is 0 Å². The first-order chi connectivity index (χ1) is 3.84. The highest BCUT2D eigenvalue weighted by molar-refractivity contribution is 5.16. The van der Waals surface area contributed by atoms with Crippen LogP contribution in [-0.4, -0.2) is 5.16 Å². The first-order valence-electron chi connectivity index (χ1n) is 2.59. The van der Waals surface area contributed by atoms with Gasteiger partial charge in [0.15, 0.2) is 0 Å². The number of hydrogen-bond donors (Lipinski definition) is 0. The Balaban J connectivity index is 2.92. The Kier molecular flexibility index (Phi) is 1.33. The van der Waals surface area contributed by atoms with Crippen molar-refractivity contribution in [3.05, 3.63) is 24.4 Å². The summed E-state index contributed by atoms with van der Waals surface area (Å²) < 4.78 is 4.62. The molecule has 8 heavy (non-hydrogen) atoms. The number of hydrogen-bond acceptors (Lipinski definition) is 2. The molecule has 2 nitrogen and oxygen atoms in total. The largest absolute Gasteiger partial charge is 0.364 e. The topological polar surface area (TPSA) is 26.0 Å². The molecule has 0 bridgehead atoms. The zero-order valence-corrected chi connectivity index (χ0v) is 4.85. The zero-order valence-electron chi connectivity index (χ0n) is 4.85. The number of aryl methyl sites for hydroxylation is 1. The third-order valence-electron chi connectivity index (χ3n) is 1.11. The molecule has 0 atom stereocenters. The Morgan fingerprint density at radius 1 is 1.88 bits per heavy atom. The molecule has 1 aromatic heterocycles. The van der Waals surface area contributed by atoms with E-state index in [9.17, 15) is 0 Å². The predicted molar refractivity (Wildman–Crippen MR) is 30.3 cm³/mol. The average molecular weight is 110 g/mol. The van der Waals surface area contributed by atoms with Crippen LogP contribution in [0.1, 0.15) is 18.2 Å². The van der Waals surface area contributed by atoms with Gasteiger partial charge in [-0.3, -0.25) is 0 Å². The van der Waals surface area contributed by atoms with Gasteiger partial charge in [0.2, 0.25) is 0 Å².